The van der Waals surface area contributed by atoms with E-state index in [-0.39, 0.29) is 23.3 Å². The summed E-state index contributed by atoms with van der Waals surface area (Å²) in [4.78, 5) is 15.9. The molecule has 0 saturated carbocycles. The third kappa shape index (κ3) is 5.30. The molecule has 1 fully saturated rings. The van der Waals surface area contributed by atoms with Gasteiger partial charge < -0.3 is 25.6 Å². The van der Waals surface area contributed by atoms with Crippen LogP contribution in [0.15, 0.2) is 35.5 Å². The number of phenols is 1. The van der Waals surface area contributed by atoms with E-state index in [9.17, 15) is 9.90 Å². The van der Waals surface area contributed by atoms with E-state index in [2.05, 4.69) is 10.3 Å². The molecule has 1 aromatic rings. The fraction of sp³-hybridized carbons (Fsp3) is 0.375. The van der Waals surface area contributed by atoms with Crippen molar-refractivity contribution in [3.63, 3.8) is 0 Å². The van der Waals surface area contributed by atoms with Gasteiger partial charge in [0.25, 0.3) is 5.91 Å². The highest BCUT2D eigenvalue weighted by Crippen LogP contribution is 2.25. The smallest absolute Gasteiger partial charge is 0.279 e. The number of ether oxygens (including phenoxy) is 2. The van der Waals surface area contributed by atoms with E-state index in [0.29, 0.717) is 19.0 Å². The van der Waals surface area contributed by atoms with E-state index in [1.165, 1.54) is 18.2 Å². The molecule has 1 heterocycles. The number of nitrogens with two attached hydrogens (primary N) is 1. The summed E-state index contributed by atoms with van der Waals surface area (Å²) >= 11 is 0. The standard InChI is InChI=1S/C16H21N3O4/c1-18-5-2-15(17)19-16(21)11-8-12(20)10-14(9-11)23-13-3-6-22-7-4-13/h2,5,8-10,13,18,20H,3-4,6-7H2,1H3,(H2,17,19,21)/b5-2-. The molecule has 1 aliphatic rings. The SMILES string of the molecule is CN/C=C\C(N)=NC(=O)c1cc(O)cc(OC2CCOCC2)c1. The van der Waals surface area contributed by atoms with Crippen LogP contribution in [-0.2, 0) is 4.74 Å². The largest absolute Gasteiger partial charge is 0.508 e. The van der Waals surface area contributed by atoms with Crippen LogP contribution in [0.25, 0.3) is 0 Å². The van der Waals surface area contributed by atoms with Gasteiger partial charge in [0.05, 0.1) is 13.2 Å². The molecular formula is C16H21N3O4. The molecule has 2 rings (SSSR count). The minimum absolute atomic E-state index is 0.0145. The Kier molecular flexibility index (Phi) is 5.99. The Hall–Kier alpha value is -2.54. The van der Waals surface area contributed by atoms with Crippen LogP contribution < -0.4 is 15.8 Å². The summed E-state index contributed by atoms with van der Waals surface area (Å²) in [5.41, 5.74) is 5.83. The van der Waals surface area contributed by atoms with Crippen LogP contribution in [0.4, 0.5) is 0 Å². The zero-order valence-corrected chi connectivity index (χ0v) is 13.0. The Morgan fingerprint density at radius 3 is 2.87 bits per heavy atom. The first-order valence-electron chi connectivity index (χ1n) is 7.39. The maximum atomic E-state index is 12.1. The van der Waals surface area contributed by atoms with Crippen molar-refractivity contribution in [2.24, 2.45) is 10.7 Å². The average Bonchev–Trinajstić information content (AvgIpc) is 2.53. The molecule has 7 heteroatoms. The monoisotopic (exact) mass is 319 g/mol. The molecule has 0 radical (unpaired) electrons. The highest BCUT2D eigenvalue weighted by molar-refractivity contribution is 6.06. The van der Waals surface area contributed by atoms with Crippen LogP contribution in [-0.4, -0.2) is 43.2 Å². The molecule has 0 aliphatic carbocycles. The number of phenolic OH excluding ortho intramolecular Hbond substituents is 1. The van der Waals surface area contributed by atoms with Gasteiger partial charge in [-0.2, -0.15) is 4.99 Å². The van der Waals surface area contributed by atoms with E-state index in [1.54, 1.807) is 19.3 Å². The fourth-order valence-corrected chi connectivity index (χ4v) is 2.15. The number of aliphatic imine (C=N–C) groups is 1. The first-order chi connectivity index (χ1) is 11.1. The Bertz CT molecular complexity index is 607. The summed E-state index contributed by atoms with van der Waals surface area (Å²) in [7, 11) is 1.71. The molecule has 124 valence electrons. The molecular weight excluding hydrogens is 298 g/mol. The molecule has 0 bridgehead atoms. The lowest BCUT2D eigenvalue weighted by atomic mass is 10.1. The number of carbonyl (C=O) groups excluding carboxylic acids is 1. The first kappa shape index (κ1) is 16.8. The Morgan fingerprint density at radius 2 is 2.17 bits per heavy atom. The molecule has 0 unspecified atom stereocenters. The van der Waals surface area contributed by atoms with Gasteiger partial charge in [0.1, 0.15) is 23.4 Å². The fourth-order valence-electron chi connectivity index (χ4n) is 2.15. The summed E-state index contributed by atoms with van der Waals surface area (Å²) < 4.78 is 11.1. The molecule has 0 aromatic heterocycles. The van der Waals surface area contributed by atoms with Crippen LogP contribution in [0.2, 0.25) is 0 Å². The van der Waals surface area contributed by atoms with Crippen molar-refractivity contribution in [3.05, 3.63) is 36.0 Å². The summed E-state index contributed by atoms with van der Waals surface area (Å²) in [5, 5.41) is 12.5. The molecule has 1 amide bonds. The summed E-state index contributed by atoms with van der Waals surface area (Å²) in [5.74, 6) is -0.104. The number of nitrogens with one attached hydrogen (secondary N) is 1. The van der Waals surface area contributed by atoms with E-state index in [4.69, 9.17) is 15.2 Å². The third-order valence-electron chi connectivity index (χ3n) is 3.26. The molecule has 0 spiro atoms. The predicted molar refractivity (Wildman–Crippen MR) is 86.7 cm³/mol. The average molecular weight is 319 g/mol. The van der Waals surface area contributed by atoms with Crippen molar-refractivity contribution >= 4 is 11.7 Å². The molecule has 4 N–H and O–H groups in total. The molecule has 1 aliphatic heterocycles. The van der Waals surface area contributed by atoms with Crippen molar-refractivity contribution < 1.29 is 19.4 Å². The zero-order chi connectivity index (χ0) is 16.7. The second kappa shape index (κ2) is 8.19. The van der Waals surface area contributed by atoms with E-state index in [0.717, 1.165) is 12.8 Å². The first-order valence-corrected chi connectivity index (χ1v) is 7.39. The minimum atomic E-state index is -0.545. The normalized spacial score (nSPS) is 16.5. The summed E-state index contributed by atoms with van der Waals surface area (Å²) in [6.07, 6.45) is 4.60. The maximum Gasteiger partial charge on any atom is 0.279 e. The van der Waals surface area contributed by atoms with Crippen molar-refractivity contribution in [3.8, 4) is 11.5 Å². The number of amidine groups is 1. The Balaban J connectivity index is 2.12. The van der Waals surface area contributed by atoms with E-state index in [1.807, 2.05) is 0 Å². The number of amides is 1. The third-order valence-corrected chi connectivity index (χ3v) is 3.26. The van der Waals surface area contributed by atoms with Gasteiger partial charge >= 0.3 is 0 Å². The van der Waals surface area contributed by atoms with Gasteiger partial charge in [0.2, 0.25) is 0 Å². The predicted octanol–water partition coefficient (Wildman–Crippen LogP) is 1.18. The van der Waals surface area contributed by atoms with Gasteiger partial charge in [0, 0.05) is 31.5 Å². The van der Waals surface area contributed by atoms with Crippen molar-refractivity contribution in [2.45, 2.75) is 18.9 Å². The van der Waals surface area contributed by atoms with Gasteiger partial charge in [-0.05, 0) is 24.4 Å². The topological polar surface area (TPSA) is 106 Å². The second-order valence-corrected chi connectivity index (χ2v) is 5.11. The second-order valence-electron chi connectivity index (χ2n) is 5.11. The molecule has 1 saturated heterocycles. The van der Waals surface area contributed by atoms with E-state index < -0.39 is 5.91 Å². The van der Waals surface area contributed by atoms with Crippen LogP contribution in [0, 0.1) is 0 Å². The number of benzene rings is 1. The van der Waals surface area contributed by atoms with Gasteiger partial charge in [-0.3, -0.25) is 4.79 Å². The molecule has 0 atom stereocenters. The van der Waals surface area contributed by atoms with Crippen LogP contribution >= 0.6 is 0 Å². The Morgan fingerprint density at radius 1 is 1.43 bits per heavy atom. The van der Waals surface area contributed by atoms with Gasteiger partial charge in [0.15, 0.2) is 0 Å². The lowest BCUT2D eigenvalue weighted by Crippen LogP contribution is -2.25. The molecule has 23 heavy (non-hydrogen) atoms. The number of aromatic hydroxyl groups is 1. The van der Waals surface area contributed by atoms with Crippen molar-refractivity contribution in [2.75, 3.05) is 20.3 Å². The summed E-state index contributed by atoms with van der Waals surface area (Å²) in [6, 6.07) is 4.36. The quantitative estimate of drug-likeness (QED) is 0.556. The summed E-state index contributed by atoms with van der Waals surface area (Å²) in [6.45, 7) is 1.29. The highest BCUT2D eigenvalue weighted by Gasteiger charge is 2.17. The van der Waals surface area contributed by atoms with E-state index >= 15 is 0 Å². The lowest BCUT2D eigenvalue weighted by Gasteiger charge is -2.23. The van der Waals surface area contributed by atoms with Crippen LogP contribution in [0.5, 0.6) is 11.5 Å². The van der Waals surface area contributed by atoms with Crippen molar-refractivity contribution in [1.82, 2.24) is 5.32 Å². The number of rotatable bonds is 5. The zero-order valence-electron chi connectivity index (χ0n) is 13.0. The highest BCUT2D eigenvalue weighted by atomic mass is 16.5. The maximum absolute atomic E-state index is 12.1. The van der Waals surface area contributed by atoms with Gasteiger partial charge in [-0.25, -0.2) is 0 Å². The molecule has 1 aromatic carbocycles. The van der Waals surface area contributed by atoms with Crippen LogP contribution in [0.1, 0.15) is 23.2 Å². The van der Waals surface area contributed by atoms with Crippen molar-refractivity contribution in [1.29, 1.82) is 0 Å². The Labute approximate surface area is 134 Å². The number of nitrogens with zero attached hydrogens (tertiary/aromatic N) is 1. The minimum Gasteiger partial charge on any atom is -0.508 e. The van der Waals surface area contributed by atoms with Crippen LogP contribution in [0.3, 0.4) is 0 Å². The number of carbonyl (C=O) groups is 1. The number of hydrogen-bond donors (Lipinski definition) is 3. The van der Waals surface area contributed by atoms with Gasteiger partial charge in [-0.1, -0.05) is 0 Å². The molecule has 7 nitrogen and oxygen atoms in total. The number of hydrogen-bond acceptors (Lipinski definition) is 5. The lowest BCUT2D eigenvalue weighted by molar-refractivity contribution is 0.0254. The van der Waals surface area contributed by atoms with Gasteiger partial charge in [-0.15, -0.1) is 0 Å².